The Morgan fingerprint density at radius 1 is 0.861 bits per heavy atom. The van der Waals surface area contributed by atoms with E-state index in [1.165, 1.54) is 24.3 Å². The lowest BCUT2D eigenvalue weighted by Crippen LogP contribution is -2.15. The molecule has 1 unspecified atom stereocenters. The van der Waals surface area contributed by atoms with Crippen LogP contribution in [0.15, 0.2) is 36.4 Å². The van der Waals surface area contributed by atoms with Crippen LogP contribution in [-0.4, -0.2) is 53.4 Å². The zero-order valence-corrected chi connectivity index (χ0v) is 18.1. The maximum Gasteiger partial charge on any atom is 0.387 e. The van der Waals surface area contributed by atoms with E-state index in [1.54, 1.807) is 0 Å². The van der Waals surface area contributed by atoms with Crippen LogP contribution < -0.4 is 9.47 Å². The number of benzene rings is 3. The second-order valence-electron chi connectivity index (χ2n) is 7.52. The van der Waals surface area contributed by atoms with Crippen LogP contribution in [0.25, 0.3) is 0 Å². The number of phenols is 7. The van der Waals surface area contributed by atoms with Gasteiger partial charge in [-0.3, -0.25) is 0 Å². The Balaban J connectivity index is 0.000000214. The third-order valence-corrected chi connectivity index (χ3v) is 5.08. The average molecular weight is 510 g/mol. The van der Waals surface area contributed by atoms with Crippen molar-refractivity contribution in [2.24, 2.45) is 0 Å². The molecule has 0 aliphatic carbocycles. The third kappa shape index (κ3) is 5.63. The van der Waals surface area contributed by atoms with Crippen LogP contribution in [0.3, 0.4) is 0 Å². The van der Waals surface area contributed by atoms with Gasteiger partial charge in [0, 0.05) is 17.7 Å². The lowest BCUT2D eigenvalue weighted by molar-refractivity contribution is -0.0514. The maximum atomic E-state index is 11.8. The van der Waals surface area contributed by atoms with E-state index in [2.05, 4.69) is 4.74 Å². The van der Waals surface area contributed by atoms with Gasteiger partial charge < -0.3 is 50.3 Å². The summed E-state index contributed by atoms with van der Waals surface area (Å²) in [7, 11) is 0. The molecule has 0 amide bonds. The van der Waals surface area contributed by atoms with Gasteiger partial charge in [0.15, 0.2) is 28.7 Å². The lowest BCUT2D eigenvalue weighted by atomic mass is 9.96. The summed E-state index contributed by atoms with van der Waals surface area (Å²) in [6, 6.07) is 6.68. The normalized spacial score (nSPS) is 14.2. The van der Waals surface area contributed by atoms with Crippen molar-refractivity contribution in [3.8, 4) is 51.7 Å². The molecule has 11 nitrogen and oxygen atoms in total. The van der Waals surface area contributed by atoms with E-state index in [9.17, 15) is 39.1 Å². The van der Waals surface area contributed by atoms with Gasteiger partial charge in [-0.2, -0.15) is 8.78 Å². The molecule has 13 heteroatoms. The molecule has 3 aromatic carbocycles. The summed E-state index contributed by atoms with van der Waals surface area (Å²) in [6.45, 7) is -3.22. The van der Waals surface area contributed by atoms with Crippen molar-refractivity contribution in [1.82, 2.24) is 0 Å². The number of aromatic hydroxyl groups is 7. The number of carbonyl (C=O) groups is 1. The molecule has 3 aromatic rings. The molecule has 1 atom stereocenters. The number of ether oxygens (including phenoxy) is 2. The van der Waals surface area contributed by atoms with Gasteiger partial charge >= 0.3 is 12.6 Å². The Kier molecular flexibility index (Phi) is 7.32. The van der Waals surface area contributed by atoms with Gasteiger partial charge in [-0.15, -0.1) is 0 Å². The Bertz CT molecular complexity index is 1270. The first-order valence-corrected chi connectivity index (χ1v) is 10.1. The fourth-order valence-corrected chi connectivity index (χ4v) is 3.41. The van der Waals surface area contributed by atoms with Crippen LogP contribution >= 0.6 is 0 Å². The van der Waals surface area contributed by atoms with Crippen molar-refractivity contribution in [1.29, 1.82) is 0 Å². The topological polar surface area (TPSA) is 197 Å². The standard InChI is InChI=1S/C15H14O6.C8H6F2O5/c16-8-5-10(17)9-1-2-13(21-14(9)6-8)7-3-11(18)15(20)12(19)4-7;9-8(10)15-5-2-3(7(13)14)1-4(11)6(5)12/h3-6,13,16-20H,1-2H2;1-2,8,11-12H,(H,13,14). The molecule has 0 radical (unpaired) electrons. The highest BCUT2D eigenvalue weighted by atomic mass is 19.3. The molecule has 8 N–H and O–H groups in total. The Labute approximate surface area is 200 Å². The molecule has 36 heavy (non-hydrogen) atoms. The summed E-state index contributed by atoms with van der Waals surface area (Å²) in [5, 5.41) is 74.3. The van der Waals surface area contributed by atoms with E-state index < -0.39 is 58.7 Å². The number of carboxylic acids is 1. The molecule has 0 bridgehead atoms. The van der Waals surface area contributed by atoms with Crippen LogP contribution in [-0.2, 0) is 6.42 Å². The fourth-order valence-electron chi connectivity index (χ4n) is 3.41. The van der Waals surface area contributed by atoms with Gasteiger partial charge in [0.1, 0.15) is 23.4 Å². The van der Waals surface area contributed by atoms with E-state index in [4.69, 9.17) is 20.1 Å². The predicted molar refractivity (Wildman–Crippen MR) is 116 cm³/mol. The van der Waals surface area contributed by atoms with Crippen LogP contribution in [0, 0.1) is 0 Å². The predicted octanol–water partition coefficient (Wildman–Crippen LogP) is 3.68. The second-order valence-corrected chi connectivity index (χ2v) is 7.52. The molecule has 4 rings (SSSR count). The summed E-state index contributed by atoms with van der Waals surface area (Å²) in [5.74, 6) is -5.22. The third-order valence-electron chi connectivity index (χ3n) is 5.08. The van der Waals surface area contributed by atoms with Gasteiger partial charge in [0.25, 0.3) is 0 Å². The zero-order chi connectivity index (χ0) is 26.7. The molecular formula is C23H20F2O11. The number of fused-ring (bicyclic) bond motifs is 1. The summed E-state index contributed by atoms with van der Waals surface area (Å²) in [4.78, 5) is 10.5. The van der Waals surface area contributed by atoms with Gasteiger partial charge in [0.05, 0.1) is 5.56 Å². The molecular weight excluding hydrogens is 490 g/mol. The highest BCUT2D eigenvalue weighted by Crippen LogP contribution is 2.44. The van der Waals surface area contributed by atoms with E-state index in [-0.39, 0.29) is 11.5 Å². The quantitative estimate of drug-likeness (QED) is 0.238. The maximum absolute atomic E-state index is 11.8. The summed E-state index contributed by atoms with van der Waals surface area (Å²) in [6.07, 6.45) is 0.583. The Morgan fingerprint density at radius 2 is 1.47 bits per heavy atom. The Hall–Kier alpha value is -4.81. The van der Waals surface area contributed by atoms with E-state index in [0.717, 1.165) is 6.07 Å². The smallest absolute Gasteiger partial charge is 0.387 e. The number of hydrogen-bond donors (Lipinski definition) is 8. The molecule has 1 aliphatic heterocycles. The summed E-state index contributed by atoms with van der Waals surface area (Å²) < 4.78 is 33.1. The molecule has 0 saturated heterocycles. The first-order valence-electron chi connectivity index (χ1n) is 10.1. The van der Waals surface area contributed by atoms with E-state index in [0.29, 0.717) is 35.8 Å². The average Bonchev–Trinajstić information content (AvgIpc) is 2.79. The highest BCUT2D eigenvalue weighted by molar-refractivity contribution is 5.89. The second kappa shape index (κ2) is 10.2. The van der Waals surface area contributed by atoms with E-state index in [1.807, 2.05) is 0 Å². The van der Waals surface area contributed by atoms with Crippen LogP contribution in [0.4, 0.5) is 8.78 Å². The van der Waals surface area contributed by atoms with Crippen molar-refractivity contribution < 1.29 is 63.9 Å². The number of aromatic carboxylic acids is 1. The van der Waals surface area contributed by atoms with Crippen molar-refractivity contribution in [3.63, 3.8) is 0 Å². The zero-order valence-electron chi connectivity index (χ0n) is 18.1. The largest absolute Gasteiger partial charge is 0.508 e. The summed E-state index contributed by atoms with van der Waals surface area (Å²) >= 11 is 0. The van der Waals surface area contributed by atoms with Crippen LogP contribution in [0.2, 0.25) is 0 Å². The first-order chi connectivity index (χ1) is 16.9. The van der Waals surface area contributed by atoms with Gasteiger partial charge in [0.2, 0.25) is 5.75 Å². The molecule has 1 aliphatic rings. The molecule has 0 aromatic heterocycles. The van der Waals surface area contributed by atoms with Crippen LogP contribution in [0.5, 0.6) is 51.7 Å². The number of carboxylic acid groups (broad SMARTS) is 1. The highest BCUT2D eigenvalue weighted by Gasteiger charge is 2.26. The van der Waals surface area contributed by atoms with Gasteiger partial charge in [-0.1, -0.05) is 0 Å². The minimum Gasteiger partial charge on any atom is -0.508 e. The molecule has 0 saturated carbocycles. The lowest BCUT2D eigenvalue weighted by Gasteiger charge is -2.27. The Morgan fingerprint density at radius 3 is 2.06 bits per heavy atom. The van der Waals surface area contributed by atoms with Gasteiger partial charge in [-0.25, -0.2) is 4.79 Å². The molecule has 0 spiro atoms. The number of hydrogen-bond acceptors (Lipinski definition) is 10. The fraction of sp³-hybridized carbons (Fsp3) is 0.174. The molecule has 1 heterocycles. The molecule has 0 fully saturated rings. The van der Waals surface area contributed by atoms with Crippen LogP contribution in [0.1, 0.15) is 34.0 Å². The monoisotopic (exact) mass is 510 g/mol. The summed E-state index contributed by atoms with van der Waals surface area (Å²) in [5.41, 5.74) is 0.633. The number of phenolic OH excluding ortho intramolecular Hbond substituents is 7. The number of alkyl halides is 2. The van der Waals surface area contributed by atoms with Crippen molar-refractivity contribution in [3.05, 3.63) is 53.1 Å². The van der Waals surface area contributed by atoms with Crippen molar-refractivity contribution >= 4 is 5.97 Å². The minimum absolute atomic E-state index is 0.0279. The van der Waals surface area contributed by atoms with E-state index >= 15 is 0 Å². The number of halogens is 2. The number of rotatable bonds is 4. The molecule has 192 valence electrons. The first kappa shape index (κ1) is 25.8. The van der Waals surface area contributed by atoms with Crippen molar-refractivity contribution in [2.75, 3.05) is 0 Å². The minimum atomic E-state index is -3.22. The SMILES string of the molecule is O=C(O)c1cc(O)c(O)c(OC(F)F)c1.Oc1cc(O)c2c(c1)OC(c1cc(O)c(O)c(O)c1)CC2. The van der Waals surface area contributed by atoms with Crippen molar-refractivity contribution in [2.45, 2.75) is 25.6 Å². The van der Waals surface area contributed by atoms with Gasteiger partial charge in [-0.05, 0) is 42.7 Å².